The number of aromatic hydroxyl groups is 1. The lowest BCUT2D eigenvalue weighted by atomic mass is 9.83. The Kier molecular flexibility index (Phi) is 28.2. The van der Waals surface area contributed by atoms with Gasteiger partial charge in [0.1, 0.15) is 11.6 Å². The van der Waals surface area contributed by atoms with E-state index in [4.69, 9.17) is 0 Å². The molecular weight excluding hydrogens is 622 g/mol. The second-order valence-electron chi connectivity index (χ2n) is 13.2. The number of carbonyl (C=O) groups is 1. The van der Waals surface area contributed by atoms with E-state index in [9.17, 15) is 14.3 Å². The van der Waals surface area contributed by atoms with Crippen LogP contribution in [0.1, 0.15) is 168 Å². The fraction of sp³-hybridized carbons (Fsp3) is 0.636. The van der Waals surface area contributed by atoms with Crippen LogP contribution in [-0.4, -0.2) is 39.5 Å². The second kappa shape index (κ2) is 28.7. The average molecular weight is 698 g/mol. The molecule has 0 radical (unpaired) electrons. The van der Waals surface area contributed by atoms with E-state index < -0.39 is 0 Å². The van der Waals surface area contributed by atoms with E-state index in [1.165, 1.54) is 81.8 Å². The summed E-state index contributed by atoms with van der Waals surface area (Å²) in [4.78, 5) is 18.6. The van der Waals surface area contributed by atoms with Gasteiger partial charge in [-0.3, -0.25) is 14.7 Å². The molecule has 0 spiro atoms. The van der Waals surface area contributed by atoms with E-state index in [-0.39, 0.29) is 29.6 Å². The zero-order valence-corrected chi connectivity index (χ0v) is 34.5. The SMILES string of the molecule is C=CC(C)(CC)C/C=C(/C)CC.CC.CC.CCCC(CCC)N1CCCCC1C.Cc1ccc(CNC(=O)c2cnc(C)c(O)c2)cc1F. The molecule has 1 aliphatic heterocycles. The van der Waals surface area contributed by atoms with Crippen LogP contribution in [0.15, 0.2) is 54.8 Å². The first-order chi connectivity index (χ1) is 23.8. The van der Waals surface area contributed by atoms with Crippen LogP contribution in [0.5, 0.6) is 5.75 Å². The molecule has 1 amide bonds. The van der Waals surface area contributed by atoms with Crippen molar-refractivity contribution >= 4 is 5.91 Å². The Balaban J connectivity index is 0. The van der Waals surface area contributed by atoms with Crippen LogP contribution in [0.4, 0.5) is 4.39 Å². The standard InChI is InChI=1S/C15H15FN2O2.C13H27N.C12H22.2C2H6/c1-9-3-4-11(5-13(9)16)7-18-15(20)12-6-14(19)10(2)17-8-12;1-4-8-13(9-5-2)14-11-7-6-10-12(14)3;1-6-11(4)9-10-12(5,7-2)8-3;2*1-2/h3-6,8,19H,7H2,1-2H3,(H,18,20);12-13H,4-11H2,1-3H3;7,9H,2,6,8,10H2,1,3-5H3;2*1-2H3/b;;11-9-;;. The first kappa shape index (κ1) is 49.1. The molecule has 6 heteroatoms. The van der Waals surface area contributed by atoms with Gasteiger partial charge in [0.2, 0.25) is 0 Å². The molecule has 286 valence electrons. The quantitative estimate of drug-likeness (QED) is 0.205. The van der Waals surface area contributed by atoms with Gasteiger partial charge >= 0.3 is 0 Å². The third-order valence-corrected chi connectivity index (χ3v) is 9.35. The molecule has 0 aliphatic carbocycles. The fourth-order valence-corrected chi connectivity index (χ4v) is 5.41. The number of rotatable bonds is 13. The van der Waals surface area contributed by atoms with Crippen molar-refractivity contribution in [3.63, 3.8) is 0 Å². The third kappa shape index (κ3) is 19.4. The monoisotopic (exact) mass is 698 g/mol. The van der Waals surface area contributed by atoms with Crippen molar-refractivity contribution in [3.8, 4) is 5.75 Å². The van der Waals surface area contributed by atoms with Gasteiger partial charge in [0.05, 0.1) is 11.3 Å². The van der Waals surface area contributed by atoms with Crippen LogP contribution in [-0.2, 0) is 6.54 Å². The predicted molar refractivity (Wildman–Crippen MR) is 217 cm³/mol. The van der Waals surface area contributed by atoms with Gasteiger partial charge in [0.25, 0.3) is 5.91 Å². The first-order valence-electron chi connectivity index (χ1n) is 19.6. The molecule has 2 unspecified atom stereocenters. The topological polar surface area (TPSA) is 65.5 Å². The van der Waals surface area contributed by atoms with Crippen molar-refractivity contribution in [2.24, 2.45) is 5.41 Å². The number of carbonyl (C=O) groups excluding carboxylic acids is 1. The number of piperidine rings is 1. The summed E-state index contributed by atoms with van der Waals surface area (Å²) in [5, 5.41) is 12.2. The van der Waals surface area contributed by atoms with Gasteiger partial charge in [-0.05, 0) is 108 Å². The molecule has 1 aromatic carbocycles. The molecule has 2 atom stereocenters. The van der Waals surface area contributed by atoms with Gasteiger partial charge in [0, 0.05) is 24.8 Å². The molecule has 0 bridgehead atoms. The first-order valence-corrected chi connectivity index (χ1v) is 19.6. The number of halogens is 1. The highest BCUT2D eigenvalue weighted by molar-refractivity contribution is 5.94. The number of allylic oxidation sites excluding steroid dienone is 3. The van der Waals surface area contributed by atoms with Gasteiger partial charge in [-0.25, -0.2) is 4.39 Å². The number of benzene rings is 1. The van der Waals surface area contributed by atoms with Crippen molar-refractivity contribution in [3.05, 3.63) is 83.0 Å². The molecule has 2 N–H and O–H groups in total. The Morgan fingerprint density at radius 1 is 1.10 bits per heavy atom. The number of amides is 1. The van der Waals surface area contributed by atoms with Gasteiger partial charge in [-0.15, -0.1) is 6.58 Å². The average Bonchev–Trinajstić information content (AvgIpc) is 3.14. The molecule has 1 saturated heterocycles. The Morgan fingerprint density at radius 3 is 2.20 bits per heavy atom. The molecule has 1 aliphatic rings. The minimum absolute atomic E-state index is 0.0287. The largest absolute Gasteiger partial charge is 0.506 e. The summed E-state index contributed by atoms with van der Waals surface area (Å²) in [7, 11) is 0. The summed E-state index contributed by atoms with van der Waals surface area (Å²) in [5.41, 5.74) is 3.74. The smallest absolute Gasteiger partial charge is 0.253 e. The predicted octanol–water partition coefficient (Wildman–Crippen LogP) is 12.7. The fourth-order valence-electron chi connectivity index (χ4n) is 5.41. The van der Waals surface area contributed by atoms with Gasteiger partial charge in [-0.1, -0.05) is 111 Å². The second-order valence-corrected chi connectivity index (χ2v) is 13.2. The van der Waals surface area contributed by atoms with E-state index >= 15 is 0 Å². The van der Waals surface area contributed by atoms with E-state index in [1.54, 1.807) is 26.0 Å². The number of nitrogens with zero attached hydrogens (tertiary/aromatic N) is 2. The van der Waals surface area contributed by atoms with Crippen molar-refractivity contribution in [2.75, 3.05) is 6.54 Å². The zero-order valence-electron chi connectivity index (χ0n) is 34.5. The minimum Gasteiger partial charge on any atom is -0.506 e. The molecule has 5 nitrogen and oxygen atoms in total. The van der Waals surface area contributed by atoms with E-state index in [2.05, 4.69) is 82.4 Å². The lowest BCUT2D eigenvalue weighted by Crippen LogP contribution is -2.44. The molecule has 1 aromatic heterocycles. The highest BCUT2D eigenvalue weighted by Gasteiger charge is 2.24. The van der Waals surface area contributed by atoms with Crippen molar-refractivity contribution in [2.45, 2.75) is 173 Å². The normalized spacial score (nSPS) is 15.3. The van der Waals surface area contributed by atoms with Crippen LogP contribution in [0.3, 0.4) is 0 Å². The van der Waals surface area contributed by atoms with Crippen LogP contribution in [0.25, 0.3) is 0 Å². The summed E-state index contributed by atoms with van der Waals surface area (Å²) in [6, 6.07) is 7.88. The number of nitrogens with one attached hydrogen (secondary N) is 1. The number of aromatic nitrogens is 1. The number of likely N-dealkylation sites (tertiary alicyclic amines) is 1. The lowest BCUT2D eigenvalue weighted by Gasteiger charge is -2.39. The minimum atomic E-state index is -0.367. The zero-order chi connectivity index (χ0) is 38.7. The van der Waals surface area contributed by atoms with Crippen LogP contribution in [0.2, 0.25) is 0 Å². The van der Waals surface area contributed by atoms with Crippen molar-refractivity contribution < 1.29 is 14.3 Å². The number of pyridine rings is 1. The van der Waals surface area contributed by atoms with Gasteiger partial charge in [-0.2, -0.15) is 0 Å². The van der Waals surface area contributed by atoms with Crippen LogP contribution >= 0.6 is 0 Å². The molecular formula is C44H76FN3O2. The van der Waals surface area contributed by atoms with E-state index in [1.807, 2.05) is 27.7 Å². The molecule has 2 aromatic rings. The van der Waals surface area contributed by atoms with Gasteiger partial charge < -0.3 is 10.4 Å². The van der Waals surface area contributed by atoms with E-state index in [0.29, 0.717) is 22.2 Å². The molecule has 3 rings (SSSR count). The molecule has 50 heavy (non-hydrogen) atoms. The maximum atomic E-state index is 13.4. The van der Waals surface area contributed by atoms with E-state index in [0.717, 1.165) is 24.9 Å². The lowest BCUT2D eigenvalue weighted by molar-refractivity contribution is 0.0931. The Bertz CT molecular complexity index is 1220. The number of aryl methyl sites for hydroxylation is 2. The number of hydrogen-bond donors (Lipinski definition) is 2. The van der Waals surface area contributed by atoms with Crippen molar-refractivity contribution in [1.29, 1.82) is 0 Å². The summed E-state index contributed by atoms with van der Waals surface area (Å²) >= 11 is 0. The Hall–Kier alpha value is -2.99. The summed E-state index contributed by atoms with van der Waals surface area (Å²) in [6.07, 6.45) is 19.0. The highest BCUT2D eigenvalue weighted by Crippen LogP contribution is 2.28. The van der Waals surface area contributed by atoms with Crippen LogP contribution in [0, 0.1) is 25.1 Å². The summed E-state index contributed by atoms with van der Waals surface area (Å²) in [5.74, 6) is -0.695. The van der Waals surface area contributed by atoms with Gasteiger partial charge in [0.15, 0.2) is 0 Å². The summed E-state index contributed by atoms with van der Waals surface area (Å²) < 4.78 is 13.4. The summed E-state index contributed by atoms with van der Waals surface area (Å²) in [6.45, 7) is 32.7. The maximum absolute atomic E-state index is 13.4. The van der Waals surface area contributed by atoms with Crippen LogP contribution < -0.4 is 5.32 Å². The Labute approximate surface area is 308 Å². The number of hydrogen-bond acceptors (Lipinski definition) is 4. The Morgan fingerprint density at radius 2 is 1.72 bits per heavy atom. The third-order valence-electron chi connectivity index (χ3n) is 9.35. The van der Waals surface area contributed by atoms with Crippen molar-refractivity contribution in [1.82, 2.24) is 15.2 Å². The molecule has 1 fully saturated rings. The molecule has 0 saturated carbocycles. The highest BCUT2D eigenvalue weighted by atomic mass is 19.1. The molecule has 2 heterocycles. The maximum Gasteiger partial charge on any atom is 0.253 e.